The van der Waals surface area contributed by atoms with Crippen LogP contribution < -0.4 is 5.32 Å². The number of piperidine rings is 1. The molecule has 5 nitrogen and oxygen atoms in total. The Bertz CT molecular complexity index is 1010. The van der Waals surface area contributed by atoms with Crippen LogP contribution in [0.25, 0.3) is 0 Å². The van der Waals surface area contributed by atoms with Gasteiger partial charge in [-0.2, -0.15) is 0 Å². The Balaban J connectivity index is 1.46. The standard InChI is InChI=1S/C23H25N3O2S2/c1-15(2)16-5-7-17(8-6-16)20(27)25-22-19(9-12-29-22)23(28)26-11-3-4-18(14-26)21-24-10-13-30-21/h5-10,12-13,15,18H,3-4,11,14H2,1-2H3,(H,25,27). The van der Waals surface area contributed by atoms with E-state index in [2.05, 4.69) is 24.1 Å². The molecule has 0 spiro atoms. The van der Waals surface area contributed by atoms with Crippen molar-refractivity contribution in [2.24, 2.45) is 0 Å². The fraction of sp³-hybridized carbons (Fsp3) is 0.348. The molecular weight excluding hydrogens is 414 g/mol. The summed E-state index contributed by atoms with van der Waals surface area (Å²) in [4.78, 5) is 32.2. The highest BCUT2D eigenvalue weighted by atomic mass is 32.1. The first-order chi connectivity index (χ1) is 14.5. The molecule has 1 aliphatic rings. The van der Waals surface area contributed by atoms with Gasteiger partial charge >= 0.3 is 0 Å². The lowest BCUT2D eigenvalue weighted by Gasteiger charge is -2.32. The van der Waals surface area contributed by atoms with E-state index in [4.69, 9.17) is 0 Å². The van der Waals surface area contributed by atoms with Crippen molar-refractivity contribution in [2.45, 2.75) is 38.5 Å². The molecule has 1 N–H and O–H groups in total. The second-order valence-electron chi connectivity index (χ2n) is 7.85. The third-order valence-electron chi connectivity index (χ3n) is 5.47. The van der Waals surface area contributed by atoms with Gasteiger partial charge in [0.25, 0.3) is 11.8 Å². The summed E-state index contributed by atoms with van der Waals surface area (Å²) in [5, 5.41) is 8.47. The van der Waals surface area contributed by atoms with Crippen LogP contribution in [0, 0.1) is 0 Å². The number of carbonyl (C=O) groups excluding carboxylic acids is 2. The minimum Gasteiger partial charge on any atom is -0.338 e. The topological polar surface area (TPSA) is 62.3 Å². The average Bonchev–Trinajstić information content (AvgIpc) is 3.46. The molecule has 1 atom stereocenters. The maximum Gasteiger partial charge on any atom is 0.256 e. The summed E-state index contributed by atoms with van der Waals surface area (Å²) >= 11 is 3.03. The maximum absolute atomic E-state index is 13.2. The van der Waals surface area contributed by atoms with Crippen LogP contribution in [0.2, 0.25) is 0 Å². The second-order valence-corrected chi connectivity index (χ2v) is 9.70. The van der Waals surface area contributed by atoms with Crippen LogP contribution in [-0.2, 0) is 0 Å². The number of hydrogen-bond acceptors (Lipinski definition) is 5. The fourth-order valence-corrected chi connectivity index (χ4v) is 5.28. The van der Waals surface area contributed by atoms with E-state index in [1.54, 1.807) is 17.4 Å². The molecule has 2 aromatic heterocycles. The number of rotatable bonds is 5. The van der Waals surface area contributed by atoms with Crippen molar-refractivity contribution in [3.8, 4) is 0 Å². The number of anilines is 1. The third kappa shape index (κ3) is 4.47. The van der Waals surface area contributed by atoms with Crippen molar-refractivity contribution >= 4 is 39.5 Å². The predicted octanol–water partition coefficient (Wildman–Crippen LogP) is 5.60. The normalized spacial score (nSPS) is 16.6. The molecule has 4 rings (SSSR count). The van der Waals surface area contributed by atoms with Gasteiger partial charge in [0, 0.05) is 36.1 Å². The van der Waals surface area contributed by atoms with Gasteiger partial charge < -0.3 is 10.2 Å². The summed E-state index contributed by atoms with van der Waals surface area (Å²) in [5.74, 6) is 0.490. The first-order valence-electron chi connectivity index (χ1n) is 10.2. The number of likely N-dealkylation sites (tertiary alicyclic amines) is 1. The van der Waals surface area contributed by atoms with Crippen molar-refractivity contribution in [1.29, 1.82) is 0 Å². The summed E-state index contributed by atoms with van der Waals surface area (Å²) in [5.41, 5.74) is 2.35. The van der Waals surface area contributed by atoms with Crippen LogP contribution in [0.1, 0.15) is 69.8 Å². The van der Waals surface area contributed by atoms with E-state index in [0.717, 1.165) is 24.4 Å². The fourth-order valence-electron chi connectivity index (χ4n) is 3.74. The first-order valence-corrected chi connectivity index (χ1v) is 12.0. The highest BCUT2D eigenvalue weighted by molar-refractivity contribution is 7.14. The second kappa shape index (κ2) is 9.10. The molecule has 2 amide bonds. The molecule has 0 saturated carbocycles. The zero-order valence-corrected chi connectivity index (χ0v) is 18.8. The lowest BCUT2D eigenvalue weighted by atomic mass is 9.98. The van der Waals surface area contributed by atoms with E-state index in [1.807, 2.05) is 46.1 Å². The van der Waals surface area contributed by atoms with Gasteiger partial charge in [0.05, 0.1) is 10.6 Å². The first kappa shape index (κ1) is 20.8. The van der Waals surface area contributed by atoms with E-state index < -0.39 is 0 Å². The van der Waals surface area contributed by atoms with Crippen LogP contribution in [0.3, 0.4) is 0 Å². The molecule has 0 aliphatic carbocycles. The van der Waals surface area contributed by atoms with Crippen LogP contribution >= 0.6 is 22.7 Å². The van der Waals surface area contributed by atoms with Gasteiger partial charge in [0.2, 0.25) is 0 Å². The molecule has 156 valence electrons. The number of aromatic nitrogens is 1. The van der Waals surface area contributed by atoms with Gasteiger partial charge in [-0.25, -0.2) is 4.98 Å². The zero-order chi connectivity index (χ0) is 21.1. The van der Waals surface area contributed by atoms with Crippen molar-refractivity contribution in [3.63, 3.8) is 0 Å². The Kier molecular flexibility index (Phi) is 6.29. The Labute approximate surface area is 184 Å². The summed E-state index contributed by atoms with van der Waals surface area (Å²) in [6.45, 7) is 5.66. The molecule has 1 aromatic carbocycles. The van der Waals surface area contributed by atoms with E-state index in [-0.39, 0.29) is 11.8 Å². The van der Waals surface area contributed by atoms with Crippen LogP contribution in [0.4, 0.5) is 5.00 Å². The minimum atomic E-state index is -0.193. The van der Waals surface area contributed by atoms with Gasteiger partial charge in [-0.05, 0) is 47.9 Å². The average molecular weight is 440 g/mol. The zero-order valence-electron chi connectivity index (χ0n) is 17.1. The van der Waals surface area contributed by atoms with Crippen LogP contribution in [0.15, 0.2) is 47.3 Å². The summed E-state index contributed by atoms with van der Waals surface area (Å²) in [7, 11) is 0. The van der Waals surface area contributed by atoms with E-state index in [1.165, 1.54) is 16.9 Å². The molecule has 1 fully saturated rings. The van der Waals surface area contributed by atoms with E-state index in [0.29, 0.717) is 34.5 Å². The molecule has 1 aliphatic heterocycles. The highest BCUT2D eigenvalue weighted by Gasteiger charge is 2.28. The highest BCUT2D eigenvalue weighted by Crippen LogP contribution is 2.31. The molecule has 30 heavy (non-hydrogen) atoms. The molecule has 1 unspecified atom stereocenters. The van der Waals surface area contributed by atoms with Gasteiger partial charge in [-0.3, -0.25) is 9.59 Å². The lowest BCUT2D eigenvalue weighted by molar-refractivity contribution is 0.0708. The van der Waals surface area contributed by atoms with Crippen LogP contribution in [-0.4, -0.2) is 34.8 Å². The Morgan fingerprint density at radius 2 is 1.93 bits per heavy atom. The number of thiophene rings is 1. The largest absolute Gasteiger partial charge is 0.338 e. The molecule has 1 saturated heterocycles. The van der Waals surface area contributed by atoms with Crippen molar-refractivity contribution in [3.05, 3.63) is 69.0 Å². The monoisotopic (exact) mass is 439 g/mol. The molecule has 3 aromatic rings. The number of benzene rings is 1. The summed E-state index contributed by atoms with van der Waals surface area (Å²) in [6.07, 6.45) is 3.84. The Morgan fingerprint density at radius 1 is 1.13 bits per heavy atom. The summed E-state index contributed by atoms with van der Waals surface area (Å²) in [6, 6.07) is 9.43. The van der Waals surface area contributed by atoms with Gasteiger partial charge in [-0.15, -0.1) is 22.7 Å². The number of thiazole rings is 1. The Morgan fingerprint density at radius 3 is 2.63 bits per heavy atom. The lowest BCUT2D eigenvalue weighted by Crippen LogP contribution is -2.39. The number of carbonyl (C=O) groups is 2. The number of hydrogen-bond donors (Lipinski definition) is 1. The molecule has 0 bridgehead atoms. The predicted molar refractivity (Wildman–Crippen MR) is 123 cm³/mol. The van der Waals surface area contributed by atoms with Crippen molar-refractivity contribution in [2.75, 3.05) is 18.4 Å². The Hall–Kier alpha value is -2.51. The van der Waals surface area contributed by atoms with Crippen LogP contribution in [0.5, 0.6) is 0 Å². The van der Waals surface area contributed by atoms with Gasteiger partial charge in [0.15, 0.2) is 0 Å². The minimum absolute atomic E-state index is 0.0250. The SMILES string of the molecule is CC(C)c1ccc(C(=O)Nc2sccc2C(=O)N2CCCC(c3nccs3)C2)cc1. The maximum atomic E-state index is 13.2. The molecular formula is C23H25N3O2S2. The number of nitrogens with one attached hydrogen (secondary N) is 1. The summed E-state index contributed by atoms with van der Waals surface area (Å²) < 4.78 is 0. The third-order valence-corrected chi connectivity index (χ3v) is 7.24. The smallest absolute Gasteiger partial charge is 0.256 e. The van der Waals surface area contributed by atoms with Crippen molar-refractivity contribution < 1.29 is 9.59 Å². The van der Waals surface area contributed by atoms with Gasteiger partial charge in [0.1, 0.15) is 5.00 Å². The molecule has 7 heteroatoms. The van der Waals surface area contributed by atoms with Gasteiger partial charge in [-0.1, -0.05) is 26.0 Å². The molecule has 3 heterocycles. The van der Waals surface area contributed by atoms with Crippen molar-refractivity contribution in [1.82, 2.24) is 9.88 Å². The quantitative estimate of drug-likeness (QED) is 0.563. The number of nitrogens with zero attached hydrogens (tertiary/aromatic N) is 2. The number of amides is 2. The van der Waals surface area contributed by atoms with E-state index in [9.17, 15) is 9.59 Å². The molecule has 0 radical (unpaired) electrons. The van der Waals surface area contributed by atoms with E-state index >= 15 is 0 Å².